The first-order valence-electron chi connectivity index (χ1n) is 8.26. The van der Waals surface area contributed by atoms with E-state index in [0.717, 1.165) is 25.1 Å². The molecule has 0 unspecified atom stereocenters. The number of rotatable bonds is 4. The van der Waals surface area contributed by atoms with Gasteiger partial charge in [0.05, 0.1) is 6.04 Å². The first-order chi connectivity index (χ1) is 11.1. The van der Waals surface area contributed by atoms with Gasteiger partial charge in [0.25, 0.3) is 0 Å². The maximum absolute atomic E-state index is 12.1. The molecule has 4 nitrogen and oxygen atoms in total. The smallest absolute Gasteiger partial charge is 0.387 e. The predicted molar refractivity (Wildman–Crippen MR) is 85.9 cm³/mol. The second kappa shape index (κ2) is 7.15. The van der Waals surface area contributed by atoms with E-state index in [1.807, 2.05) is 12.1 Å². The molecule has 0 bridgehead atoms. The van der Waals surface area contributed by atoms with Gasteiger partial charge in [-0.05, 0) is 37.0 Å². The number of aliphatic imine (C=N–C) groups is 1. The number of likely N-dealkylation sites (tertiary alicyclic amines) is 1. The minimum Gasteiger partial charge on any atom is -0.435 e. The summed E-state index contributed by atoms with van der Waals surface area (Å²) in [5.41, 5.74) is 7.25. The third-order valence-electron chi connectivity index (χ3n) is 4.52. The lowest BCUT2D eigenvalue weighted by Gasteiger charge is -2.21. The second-order valence-electron chi connectivity index (χ2n) is 6.25. The highest BCUT2D eigenvalue weighted by Crippen LogP contribution is 2.44. The molecule has 0 spiro atoms. The van der Waals surface area contributed by atoms with Gasteiger partial charge in [0, 0.05) is 19.0 Å². The molecule has 0 amide bonds. The Morgan fingerprint density at radius 1 is 1.13 bits per heavy atom. The van der Waals surface area contributed by atoms with Crippen LogP contribution in [0.4, 0.5) is 8.78 Å². The van der Waals surface area contributed by atoms with E-state index in [1.165, 1.54) is 25.7 Å². The number of halogens is 2. The van der Waals surface area contributed by atoms with Crippen LogP contribution in [0.3, 0.4) is 0 Å². The minimum atomic E-state index is -2.78. The average molecular weight is 323 g/mol. The third kappa shape index (κ3) is 4.33. The molecular formula is C17H23F2N3O. The second-order valence-corrected chi connectivity index (χ2v) is 6.25. The SMILES string of the molecule is NC(=N[C@@H]1C[C@H]1c1ccc(OC(F)F)cc1)N1CCCCCC1. The van der Waals surface area contributed by atoms with Gasteiger partial charge in [0.15, 0.2) is 5.96 Å². The zero-order chi connectivity index (χ0) is 16.2. The summed E-state index contributed by atoms with van der Waals surface area (Å²) < 4.78 is 28.7. The molecule has 0 radical (unpaired) electrons. The summed E-state index contributed by atoms with van der Waals surface area (Å²) >= 11 is 0. The molecule has 1 aromatic carbocycles. The van der Waals surface area contributed by atoms with Crippen molar-refractivity contribution in [3.63, 3.8) is 0 Å². The quantitative estimate of drug-likeness (QED) is 0.683. The summed E-state index contributed by atoms with van der Waals surface area (Å²) in [5.74, 6) is 1.17. The summed E-state index contributed by atoms with van der Waals surface area (Å²) in [6.45, 7) is -0.800. The van der Waals surface area contributed by atoms with Crippen molar-refractivity contribution in [1.82, 2.24) is 4.90 Å². The van der Waals surface area contributed by atoms with Gasteiger partial charge in [-0.2, -0.15) is 8.78 Å². The van der Waals surface area contributed by atoms with Crippen LogP contribution in [0.25, 0.3) is 0 Å². The van der Waals surface area contributed by atoms with Gasteiger partial charge >= 0.3 is 6.61 Å². The normalized spacial score (nSPS) is 25.3. The molecule has 23 heavy (non-hydrogen) atoms. The Bertz CT molecular complexity index is 539. The number of benzene rings is 1. The van der Waals surface area contributed by atoms with Crippen molar-refractivity contribution in [2.24, 2.45) is 10.7 Å². The lowest BCUT2D eigenvalue weighted by atomic mass is 10.1. The van der Waals surface area contributed by atoms with Crippen molar-refractivity contribution >= 4 is 5.96 Å². The van der Waals surface area contributed by atoms with Crippen LogP contribution < -0.4 is 10.5 Å². The molecule has 1 heterocycles. The van der Waals surface area contributed by atoms with Crippen molar-refractivity contribution in [2.75, 3.05) is 13.1 Å². The van der Waals surface area contributed by atoms with E-state index < -0.39 is 6.61 Å². The zero-order valence-corrected chi connectivity index (χ0v) is 13.1. The molecule has 3 rings (SSSR count). The topological polar surface area (TPSA) is 50.9 Å². The van der Waals surface area contributed by atoms with Gasteiger partial charge in [-0.3, -0.25) is 0 Å². The summed E-state index contributed by atoms with van der Waals surface area (Å²) in [6.07, 6.45) is 5.85. The summed E-state index contributed by atoms with van der Waals surface area (Å²) in [6, 6.07) is 7.04. The first kappa shape index (κ1) is 16.0. The van der Waals surface area contributed by atoms with Crippen LogP contribution in [-0.4, -0.2) is 36.6 Å². The van der Waals surface area contributed by atoms with Gasteiger partial charge in [-0.1, -0.05) is 25.0 Å². The molecule has 2 atom stereocenters. The molecule has 2 fully saturated rings. The molecule has 1 aliphatic carbocycles. The van der Waals surface area contributed by atoms with Crippen molar-refractivity contribution in [1.29, 1.82) is 0 Å². The van der Waals surface area contributed by atoms with Crippen LogP contribution >= 0.6 is 0 Å². The fraction of sp³-hybridized carbons (Fsp3) is 0.588. The highest BCUT2D eigenvalue weighted by atomic mass is 19.3. The molecular weight excluding hydrogens is 300 g/mol. The van der Waals surface area contributed by atoms with Crippen molar-refractivity contribution < 1.29 is 13.5 Å². The summed E-state index contributed by atoms with van der Waals surface area (Å²) in [4.78, 5) is 6.83. The van der Waals surface area contributed by atoms with Crippen LogP contribution in [0.1, 0.15) is 43.6 Å². The standard InChI is InChI=1S/C17H23F2N3O/c18-16(19)23-13-7-5-12(6-8-13)14-11-15(14)21-17(20)22-9-3-1-2-4-10-22/h5-8,14-16H,1-4,9-11H2,(H2,20,21)/t14-,15+/m0/s1. The van der Waals surface area contributed by atoms with Crippen LogP contribution in [0.5, 0.6) is 5.75 Å². The Morgan fingerprint density at radius 2 is 1.78 bits per heavy atom. The number of alkyl halides is 2. The Labute approximate surface area is 135 Å². The van der Waals surface area contributed by atoms with Crippen LogP contribution in [0.15, 0.2) is 29.3 Å². The Hall–Kier alpha value is -1.85. The maximum Gasteiger partial charge on any atom is 0.387 e. The third-order valence-corrected chi connectivity index (χ3v) is 4.52. The van der Waals surface area contributed by atoms with E-state index >= 15 is 0 Å². The Kier molecular flexibility index (Phi) is 4.98. The largest absolute Gasteiger partial charge is 0.435 e. The zero-order valence-electron chi connectivity index (χ0n) is 13.1. The molecule has 1 saturated heterocycles. The Balaban J connectivity index is 1.57. The summed E-state index contributed by atoms with van der Waals surface area (Å²) in [7, 11) is 0. The number of ether oxygens (including phenoxy) is 1. The first-order valence-corrected chi connectivity index (χ1v) is 8.26. The lowest BCUT2D eigenvalue weighted by Crippen LogP contribution is -2.38. The molecule has 2 aliphatic rings. The van der Waals surface area contributed by atoms with Crippen LogP contribution in [0.2, 0.25) is 0 Å². The van der Waals surface area contributed by atoms with E-state index in [2.05, 4.69) is 14.6 Å². The van der Waals surface area contributed by atoms with Crippen LogP contribution in [0, 0.1) is 0 Å². The van der Waals surface area contributed by atoms with Crippen molar-refractivity contribution in [3.8, 4) is 5.75 Å². The number of nitrogens with two attached hydrogens (primary N) is 1. The van der Waals surface area contributed by atoms with Gasteiger partial charge in [-0.15, -0.1) is 0 Å². The molecule has 0 aromatic heterocycles. The number of nitrogens with zero attached hydrogens (tertiary/aromatic N) is 2. The Morgan fingerprint density at radius 3 is 2.39 bits per heavy atom. The molecule has 1 aromatic rings. The molecule has 1 saturated carbocycles. The molecule has 126 valence electrons. The highest BCUT2D eigenvalue weighted by molar-refractivity contribution is 5.78. The minimum absolute atomic E-state index is 0.188. The van der Waals surface area contributed by atoms with E-state index in [1.54, 1.807) is 12.1 Å². The molecule has 1 aliphatic heterocycles. The highest BCUT2D eigenvalue weighted by Gasteiger charge is 2.38. The molecule has 6 heteroatoms. The van der Waals surface area contributed by atoms with Gasteiger partial charge < -0.3 is 15.4 Å². The number of guanidine groups is 1. The van der Waals surface area contributed by atoms with Gasteiger partial charge in [-0.25, -0.2) is 4.99 Å². The van der Waals surface area contributed by atoms with Crippen molar-refractivity contribution in [3.05, 3.63) is 29.8 Å². The number of hydrogen-bond acceptors (Lipinski definition) is 2. The van der Waals surface area contributed by atoms with E-state index in [0.29, 0.717) is 11.9 Å². The van der Waals surface area contributed by atoms with Gasteiger partial charge in [0.1, 0.15) is 5.75 Å². The van der Waals surface area contributed by atoms with E-state index in [9.17, 15) is 8.78 Å². The average Bonchev–Trinajstić information content (AvgIpc) is 3.30. The van der Waals surface area contributed by atoms with E-state index in [4.69, 9.17) is 5.73 Å². The monoisotopic (exact) mass is 323 g/mol. The van der Waals surface area contributed by atoms with E-state index in [-0.39, 0.29) is 11.8 Å². The predicted octanol–water partition coefficient (Wildman–Crippen LogP) is 3.33. The lowest BCUT2D eigenvalue weighted by molar-refractivity contribution is -0.0498. The fourth-order valence-electron chi connectivity index (χ4n) is 3.13. The van der Waals surface area contributed by atoms with Gasteiger partial charge in [0.2, 0.25) is 0 Å². The molecule has 2 N–H and O–H groups in total. The van der Waals surface area contributed by atoms with Crippen molar-refractivity contribution in [2.45, 2.75) is 50.7 Å². The fourth-order valence-corrected chi connectivity index (χ4v) is 3.13. The maximum atomic E-state index is 12.1. The number of hydrogen-bond donors (Lipinski definition) is 1. The van der Waals surface area contributed by atoms with Crippen LogP contribution in [-0.2, 0) is 0 Å². The summed E-state index contributed by atoms with van der Waals surface area (Å²) in [5, 5.41) is 0.